The number of aryl methyl sites for hydroxylation is 1. The summed E-state index contributed by atoms with van der Waals surface area (Å²) < 4.78 is 5.07. The summed E-state index contributed by atoms with van der Waals surface area (Å²) >= 11 is 0. The molecule has 1 fully saturated rings. The van der Waals surface area contributed by atoms with Crippen molar-refractivity contribution in [3.8, 4) is 0 Å². The molecule has 1 aromatic carbocycles. The number of carbonyl (C=O) groups excluding carboxylic acids is 1. The highest BCUT2D eigenvalue weighted by Gasteiger charge is 2.46. The zero-order valence-electron chi connectivity index (χ0n) is 14.7. The molecule has 1 N–H and O–H groups in total. The number of carboxylic acids is 1. The maximum Gasteiger partial charge on any atom is 0.313 e. The molecule has 0 saturated carbocycles. The van der Waals surface area contributed by atoms with Crippen molar-refractivity contribution < 1.29 is 19.4 Å². The van der Waals surface area contributed by atoms with Crippen LogP contribution < -0.4 is 0 Å². The highest BCUT2D eigenvalue weighted by atomic mass is 16.5. The number of likely N-dealkylation sites (tertiary alicyclic amines) is 1. The number of ether oxygens (including phenoxy) is 1. The van der Waals surface area contributed by atoms with E-state index in [2.05, 4.69) is 31.2 Å². The number of carboxylic acid groups (broad SMARTS) is 1. The lowest BCUT2D eigenvalue weighted by Gasteiger charge is -2.24. The van der Waals surface area contributed by atoms with Crippen LogP contribution in [0.3, 0.4) is 0 Å². The predicted octanol–water partition coefficient (Wildman–Crippen LogP) is 2.69. The lowest BCUT2D eigenvalue weighted by atomic mass is 9.88. The first-order valence-electron chi connectivity index (χ1n) is 8.51. The molecule has 1 aliphatic heterocycles. The number of aliphatic carboxylic acids is 1. The normalized spacial score (nSPS) is 21.7. The fourth-order valence-corrected chi connectivity index (χ4v) is 3.31. The first-order valence-corrected chi connectivity index (χ1v) is 8.51. The summed E-state index contributed by atoms with van der Waals surface area (Å²) in [4.78, 5) is 25.8. The number of methoxy groups -OCH3 is 1. The third-order valence-electron chi connectivity index (χ3n) is 5.02. The molecule has 1 saturated heterocycles. The Bertz CT molecular complexity index is 584. The van der Waals surface area contributed by atoms with Gasteiger partial charge in [0.25, 0.3) is 0 Å². The molecular weight excluding hydrogens is 306 g/mol. The summed E-state index contributed by atoms with van der Waals surface area (Å²) in [6.07, 6.45) is 1.84. The van der Waals surface area contributed by atoms with E-state index in [1.807, 2.05) is 6.92 Å². The van der Waals surface area contributed by atoms with Crippen LogP contribution >= 0.6 is 0 Å². The molecule has 24 heavy (non-hydrogen) atoms. The van der Waals surface area contributed by atoms with Gasteiger partial charge in [-0.15, -0.1) is 0 Å². The minimum atomic E-state index is -0.962. The van der Waals surface area contributed by atoms with E-state index in [0.29, 0.717) is 19.4 Å². The van der Waals surface area contributed by atoms with Gasteiger partial charge in [0.1, 0.15) is 5.41 Å². The van der Waals surface area contributed by atoms with E-state index in [1.54, 1.807) is 4.90 Å². The van der Waals surface area contributed by atoms with Crippen molar-refractivity contribution in [2.45, 2.75) is 39.0 Å². The van der Waals surface area contributed by atoms with E-state index in [1.165, 1.54) is 12.7 Å². The molecule has 5 nitrogen and oxygen atoms in total. The van der Waals surface area contributed by atoms with Gasteiger partial charge >= 0.3 is 5.97 Å². The van der Waals surface area contributed by atoms with Crippen molar-refractivity contribution in [1.29, 1.82) is 0 Å². The summed E-state index contributed by atoms with van der Waals surface area (Å²) in [6.45, 7) is 5.01. The van der Waals surface area contributed by atoms with Gasteiger partial charge < -0.3 is 14.7 Å². The fraction of sp³-hybridized carbons (Fsp3) is 0.579. The van der Waals surface area contributed by atoms with E-state index in [-0.39, 0.29) is 25.0 Å². The molecular formula is C19H27NO4. The van der Waals surface area contributed by atoms with E-state index in [4.69, 9.17) is 4.74 Å². The van der Waals surface area contributed by atoms with Crippen LogP contribution in [-0.2, 0) is 20.7 Å². The topological polar surface area (TPSA) is 66.8 Å². The van der Waals surface area contributed by atoms with Gasteiger partial charge in [-0.25, -0.2) is 0 Å². The Morgan fingerprint density at radius 2 is 2.00 bits per heavy atom. The summed E-state index contributed by atoms with van der Waals surface area (Å²) in [6, 6.07) is 8.35. The molecule has 1 amide bonds. The van der Waals surface area contributed by atoms with E-state index in [9.17, 15) is 14.7 Å². The molecule has 1 heterocycles. The van der Waals surface area contributed by atoms with Crippen LogP contribution in [0.2, 0.25) is 0 Å². The number of rotatable bonds is 7. The number of nitrogens with zero attached hydrogens (tertiary/aromatic N) is 1. The number of carbonyl (C=O) groups is 2. The second-order valence-electron chi connectivity index (χ2n) is 6.78. The first-order chi connectivity index (χ1) is 11.4. The minimum Gasteiger partial charge on any atom is -0.481 e. The maximum atomic E-state index is 12.6. The second kappa shape index (κ2) is 7.79. The molecule has 0 aliphatic carbocycles. The van der Waals surface area contributed by atoms with Gasteiger partial charge in [0.2, 0.25) is 5.91 Å². The lowest BCUT2D eigenvalue weighted by Crippen LogP contribution is -2.40. The van der Waals surface area contributed by atoms with Gasteiger partial charge in [0, 0.05) is 26.6 Å². The standard InChI is InChI=1S/C19H27NO4/c1-4-15-5-7-16(8-6-15)14(2)11-17(21)20-10-9-19(12-20,13-24-3)18(22)23/h5-8,14H,4,9-13H2,1-3H3,(H,22,23). The molecule has 0 bridgehead atoms. The van der Waals surface area contributed by atoms with E-state index < -0.39 is 11.4 Å². The monoisotopic (exact) mass is 333 g/mol. The Morgan fingerprint density at radius 1 is 1.33 bits per heavy atom. The molecule has 1 aliphatic rings. The van der Waals surface area contributed by atoms with Gasteiger partial charge in [0.05, 0.1) is 6.61 Å². The van der Waals surface area contributed by atoms with Crippen LogP contribution in [0.25, 0.3) is 0 Å². The summed E-state index contributed by atoms with van der Waals surface area (Å²) in [5.41, 5.74) is 1.46. The number of hydrogen-bond donors (Lipinski definition) is 1. The summed E-state index contributed by atoms with van der Waals surface area (Å²) in [5.74, 6) is -0.755. The third-order valence-corrected chi connectivity index (χ3v) is 5.02. The van der Waals surface area contributed by atoms with Crippen LogP contribution in [0.1, 0.15) is 43.7 Å². The van der Waals surface area contributed by atoms with E-state index in [0.717, 1.165) is 12.0 Å². The van der Waals surface area contributed by atoms with Crippen molar-refractivity contribution in [1.82, 2.24) is 4.90 Å². The average molecular weight is 333 g/mol. The molecule has 2 rings (SSSR count). The Hall–Kier alpha value is -1.88. The SMILES string of the molecule is CCc1ccc(C(C)CC(=O)N2CCC(COC)(C(=O)O)C2)cc1. The molecule has 0 aromatic heterocycles. The molecule has 0 spiro atoms. The van der Waals surface area contributed by atoms with Gasteiger partial charge in [-0.2, -0.15) is 0 Å². The fourth-order valence-electron chi connectivity index (χ4n) is 3.31. The Kier molecular flexibility index (Phi) is 5.99. The molecule has 1 aromatic rings. The van der Waals surface area contributed by atoms with E-state index >= 15 is 0 Å². The minimum absolute atomic E-state index is 0.0151. The van der Waals surface area contributed by atoms with Crippen molar-refractivity contribution in [2.24, 2.45) is 5.41 Å². The molecule has 2 unspecified atom stereocenters. The quantitative estimate of drug-likeness (QED) is 0.833. The highest BCUT2D eigenvalue weighted by molar-refractivity contribution is 5.81. The first kappa shape index (κ1) is 18.5. The van der Waals surface area contributed by atoms with Gasteiger partial charge in [-0.05, 0) is 29.9 Å². The predicted molar refractivity (Wildman–Crippen MR) is 92.0 cm³/mol. The van der Waals surface area contributed by atoms with Crippen LogP contribution in [0, 0.1) is 5.41 Å². The maximum absolute atomic E-state index is 12.6. The zero-order chi connectivity index (χ0) is 17.7. The highest BCUT2D eigenvalue weighted by Crippen LogP contribution is 2.32. The Morgan fingerprint density at radius 3 is 2.54 bits per heavy atom. The van der Waals surface area contributed by atoms with Crippen LogP contribution in [0.15, 0.2) is 24.3 Å². The van der Waals surface area contributed by atoms with Crippen molar-refractivity contribution in [3.63, 3.8) is 0 Å². The Balaban J connectivity index is 1.98. The smallest absolute Gasteiger partial charge is 0.313 e. The molecule has 132 valence electrons. The van der Waals surface area contributed by atoms with Crippen LogP contribution in [-0.4, -0.2) is 48.7 Å². The average Bonchev–Trinajstić information content (AvgIpc) is 3.01. The molecule has 2 atom stereocenters. The van der Waals surface area contributed by atoms with Gasteiger partial charge in [-0.3, -0.25) is 9.59 Å². The van der Waals surface area contributed by atoms with Crippen molar-refractivity contribution in [2.75, 3.05) is 26.8 Å². The number of benzene rings is 1. The third kappa shape index (κ3) is 3.96. The van der Waals surface area contributed by atoms with Crippen LogP contribution in [0.4, 0.5) is 0 Å². The number of hydrogen-bond acceptors (Lipinski definition) is 3. The largest absolute Gasteiger partial charge is 0.481 e. The van der Waals surface area contributed by atoms with Crippen LogP contribution in [0.5, 0.6) is 0 Å². The lowest BCUT2D eigenvalue weighted by molar-refractivity contribution is -0.151. The van der Waals surface area contributed by atoms with Gasteiger partial charge in [-0.1, -0.05) is 38.1 Å². The summed E-state index contributed by atoms with van der Waals surface area (Å²) in [7, 11) is 1.50. The van der Waals surface area contributed by atoms with Gasteiger partial charge in [0.15, 0.2) is 0 Å². The zero-order valence-corrected chi connectivity index (χ0v) is 14.7. The molecule has 0 radical (unpaired) electrons. The van der Waals surface area contributed by atoms with Crippen molar-refractivity contribution >= 4 is 11.9 Å². The molecule has 5 heteroatoms. The number of amides is 1. The second-order valence-corrected chi connectivity index (χ2v) is 6.78. The summed E-state index contributed by atoms with van der Waals surface area (Å²) in [5, 5.41) is 9.49. The Labute approximate surface area is 143 Å². The van der Waals surface area contributed by atoms with Crippen molar-refractivity contribution in [3.05, 3.63) is 35.4 Å².